The molecule has 8 nitrogen and oxygen atoms in total. The highest BCUT2D eigenvalue weighted by atomic mass is 16.4. The van der Waals surface area contributed by atoms with Crippen LogP contribution in [0.5, 0.6) is 0 Å². The van der Waals surface area contributed by atoms with Crippen molar-refractivity contribution in [2.75, 3.05) is 13.1 Å². The molecule has 0 spiro atoms. The van der Waals surface area contributed by atoms with Crippen LogP contribution < -0.4 is 0 Å². The lowest BCUT2D eigenvalue weighted by atomic mass is 9.96. The third-order valence-corrected chi connectivity index (χ3v) is 5.09. The van der Waals surface area contributed by atoms with E-state index < -0.39 is 5.97 Å². The van der Waals surface area contributed by atoms with Crippen molar-refractivity contribution in [3.63, 3.8) is 0 Å². The summed E-state index contributed by atoms with van der Waals surface area (Å²) in [5.41, 5.74) is 2.03. The smallest absolute Gasteiger partial charge is 0.356 e. The summed E-state index contributed by atoms with van der Waals surface area (Å²) in [6, 6.07) is 11.6. The predicted molar refractivity (Wildman–Crippen MR) is 99.2 cm³/mol. The lowest BCUT2D eigenvalue weighted by Gasteiger charge is -2.30. The zero-order chi connectivity index (χ0) is 18.8. The Balaban J connectivity index is 1.37. The molecule has 0 unspecified atom stereocenters. The lowest BCUT2D eigenvalue weighted by molar-refractivity contribution is 0.0689. The highest BCUT2D eigenvalue weighted by molar-refractivity contribution is 5.85. The highest BCUT2D eigenvalue weighted by Gasteiger charge is 2.24. The number of aromatic carboxylic acids is 1. The van der Waals surface area contributed by atoms with Crippen LogP contribution in [0.25, 0.3) is 11.4 Å². The number of carboxylic acid groups (broad SMARTS) is 1. The normalized spacial score (nSPS) is 15.9. The van der Waals surface area contributed by atoms with Crippen molar-refractivity contribution in [2.45, 2.75) is 25.3 Å². The zero-order valence-corrected chi connectivity index (χ0v) is 15.2. The summed E-state index contributed by atoms with van der Waals surface area (Å²) in [4.78, 5) is 18.1. The molecule has 140 valence electrons. The first kappa shape index (κ1) is 17.4. The van der Waals surface area contributed by atoms with Crippen LogP contribution >= 0.6 is 0 Å². The van der Waals surface area contributed by atoms with E-state index in [4.69, 9.17) is 5.11 Å². The largest absolute Gasteiger partial charge is 0.476 e. The third kappa shape index (κ3) is 3.75. The number of piperidine rings is 1. The minimum atomic E-state index is -0.991. The summed E-state index contributed by atoms with van der Waals surface area (Å²) in [5.74, 6) is 1.06. The van der Waals surface area contributed by atoms with E-state index >= 15 is 0 Å². The van der Waals surface area contributed by atoms with E-state index in [1.54, 1.807) is 17.8 Å². The number of carbonyl (C=O) groups is 1. The molecular weight excluding hydrogens is 344 g/mol. The average Bonchev–Trinajstić information content (AvgIpc) is 3.31. The van der Waals surface area contributed by atoms with Crippen molar-refractivity contribution >= 4 is 5.97 Å². The van der Waals surface area contributed by atoms with Crippen molar-refractivity contribution in [3.05, 3.63) is 53.6 Å². The van der Waals surface area contributed by atoms with Crippen LogP contribution in [0, 0.1) is 0 Å². The second-order valence-corrected chi connectivity index (χ2v) is 6.91. The first-order chi connectivity index (χ1) is 13.1. The number of benzene rings is 1. The summed E-state index contributed by atoms with van der Waals surface area (Å²) >= 11 is 0. The fraction of sp³-hybridized carbons (Fsp3) is 0.368. The van der Waals surface area contributed by atoms with E-state index in [0.717, 1.165) is 48.8 Å². The molecule has 27 heavy (non-hydrogen) atoms. The molecule has 0 bridgehead atoms. The monoisotopic (exact) mass is 366 g/mol. The number of likely N-dealkylation sites (tertiary alicyclic amines) is 1. The van der Waals surface area contributed by atoms with Gasteiger partial charge in [-0.2, -0.15) is 10.2 Å². The number of aromatic amines is 1. The Morgan fingerprint density at radius 3 is 2.67 bits per heavy atom. The molecular formula is C19H22N6O2. The van der Waals surface area contributed by atoms with Gasteiger partial charge >= 0.3 is 5.97 Å². The quantitative estimate of drug-likeness (QED) is 0.719. The maximum absolute atomic E-state index is 11.1. The fourth-order valence-corrected chi connectivity index (χ4v) is 3.53. The number of nitrogens with zero attached hydrogens (tertiary/aromatic N) is 5. The van der Waals surface area contributed by atoms with Gasteiger partial charge in [-0.1, -0.05) is 30.3 Å². The summed E-state index contributed by atoms with van der Waals surface area (Å²) in [7, 11) is 1.79. The van der Waals surface area contributed by atoms with Gasteiger partial charge in [-0.25, -0.2) is 9.78 Å². The van der Waals surface area contributed by atoms with Crippen LogP contribution in [0.3, 0.4) is 0 Å². The minimum Gasteiger partial charge on any atom is -0.476 e. The van der Waals surface area contributed by atoms with Gasteiger partial charge in [-0.3, -0.25) is 14.7 Å². The van der Waals surface area contributed by atoms with Gasteiger partial charge in [0, 0.05) is 25.1 Å². The lowest BCUT2D eigenvalue weighted by Crippen LogP contribution is -2.33. The maximum Gasteiger partial charge on any atom is 0.356 e. The summed E-state index contributed by atoms with van der Waals surface area (Å²) in [5, 5.41) is 20.6. The molecule has 2 aromatic heterocycles. The van der Waals surface area contributed by atoms with Gasteiger partial charge in [0.1, 0.15) is 5.82 Å². The van der Waals surface area contributed by atoms with Crippen LogP contribution in [0.4, 0.5) is 0 Å². The Morgan fingerprint density at radius 2 is 2.00 bits per heavy atom. The van der Waals surface area contributed by atoms with Gasteiger partial charge in [0.2, 0.25) is 0 Å². The molecule has 0 radical (unpaired) electrons. The Hall–Kier alpha value is -3.00. The molecule has 1 aliphatic rings. The minimum absolute atomic E-state index is 0.0949. The highest BCUT2D eigenvalue weighted by Crippen LogP contribution is 2.27. The number of carboxylic acids is 1. The third-order valence-electron chi connectivity index (χ3n) is 5.09. The number of aryl methyl sites for hydroxylation is 1. The molecule has 2 N–H and O–H groups in total. The molecule has 4 rings (SSSR count). The standard InChI is InChI=1S/C19H22N6O2/c1-24-15(11-16(23-24)19(26)27)12-25-9-7-14(8-10-25)18-20-17(21-22-18)13-5-3-2-4-6-13/h2-6,11,14H,7-10,12H2,1H3,(H,26,27)(H,20,21,22). The molecule has 1 aromatic carbocycles. The van der Waals surface area contributed by atoms with E-state index in [1.165, 1.54) is 0 Å². The zero-order valence-electron chi connectivity index (χ0n) is 15.2. The van der Waals surface area contributed by atoms with Crippen molar-refractivity contribution in [1.82, 2.24) is 29.9 Å². The van der Waals surface area contributed by atoms with E-state index in [2.05, 4.69) is 25.2 Å². The van der Waals surface area contributed by atoms with Gasteiger partial charge in [-0.05, 0) is 32.0 Å². The molecule has 1 fully saturated rings. The summed E-state index contributed by atoms with van der Waals surface area (Å²) in [6.45, 7) is 2.56. The summed E-state index contributed by atoms with van der Waals surface area (Å²) in [6.07, 6.45) is 1.99. The molecule has 0 amide bonds. The molecule has 3 aromatic rings. The van der Waals surface area contributed by atoms with E-state index in [1.807, 2.05) is 30.3 Å². The van der Waals surface area contributed by atoms with Gasteiger partial charge in [-0.15, -0.1) is 0 Å². The Bertz CT molecular complexity index is 925. The topological polar surface area (TPSA) is 99.9 Å². The molecule has 1 aliphatic heterocycles. The Kier molecular flexibility index (Phi) is 4.72. The molecule has 0 aliphatic carbocycles. The van der Waals surface area contributed by atoms with Crippen LogP contribution in [-0.4, -0.2) is 54.0 Å². The number of hydrogen-bond acceptors (Lipinski definition) is 5. The molecule has 3 heterocycles. The van der Waals surface area contributed by atoms with E-state index in [9.17, 15) is 4.79 Å². The van der Waals surface area contributed by atoms with Gasteiger partial charge in [0.15, 0.2) is 11.5 Å². The number of hydrogen-bond donors (Lipinski definition) is 2. The van der Waals surface area contributed by atoms with Crippen molar-refractivity contribution < 1.29 is 9.90 Å². The molecule has 0 saturated carbocycles. The Labute approximate surface area is 156 Å². The summed E-state index contributed by atoms with van der Waals surface area (Å²) < 4.78 is 1.65. The van der Waals surface area contributed by atoms with E-state index in [-0.39, 0.29) is 5.69 Å². The number of rotatable bonds is 5. The van der Waals surface area contributed by atoms with Crippen LogP contribution in [-0.2, 0) is 13.6 Å². The van der Waals surface area contributed by atoms with Crippen molar-refractivity contribution in [2.24, 2.45) is 7.05 Å². The van der Waals surface area contributed by atoms with E-state index in [0.29, 0.717) is 12.5 Å². The average molecular weight is 366 g/mol. The molecule has 8 heteroatoms. The van der Waals surface area contributed by atoms with Crippen LogP contribution in [0.1, 0.15) is 40.8 Å². The molecule has 0 atom stereocenters. The van der Waals surface area contributed by atoms with Crippen LogP contribution in [0.2, 0.25) is 0 Å². The molecule has 1 saturated heterocycles. The van der Waals surface area contributed by atoms with Crippen molar-refractivity contribution in [1.29, 1.82) is 0 Å². The first-order valence-electron chi connectivity index (χ1n) is 9.06. The maximum atomic E-state index is 11.1. The number of H-pyrrole nitrogens is 1. The second-order valence-electron chi connectivity index (χ2n) is 6.91. The number of nitrogens with one attached hydrogen (secondary N) is 1. The SMILES string of the molecule is Cn1nc(C(=O)O)cc1CN1CCC(c2nc(-c3ccccc3)n[nH]2)CC1. The van der Waals surface area contributed by atoms with Crippen molar-refractivity contribution in [3.8, 4) is 11.4 Å². The number of aromatic nitrogens is 5. The van der Waals surface area contributed by atoms with Gasteiger partial charge in [0.05, 0.1) is 5.69 Å². The van der Waals surface area contributed by atoms with Gasteiger partial charge < -0.3 is 5.11 Å². The van der Waals surface area contributed by atoms with Crippen LogP contribution in [0.15, 0.2) is 36.4 Å². The predicted octanol–water partition coefficient (Wildman–Crippen LogP) is 2.28. The second kappa shape index (κ2) is 7.32. The van der Waals surface area contributed by atoms with Gasteiger partial charge in [0.25, 0.3) is 0 Å². The Morgan fingerprint density at radius 1 is 1.26 bits per heavy atom. The fourth-order valence-electron chi connectivity index (χ4n) is 3.53. The first-order valence-corrected chi connectivity index (χ1v) is 9.06.